The quantitative estimate of drug-likeness (QED) is 0.803. The number of methoxy groups -OCH3 is 1. The van der Waals surface area contributed by atoms with Crippen LogP contribution in [-0.4, -0.2) is 17.6 Å². The Kier molecular flexibility index (Phi) is 3.55. The number of benzene rings is 2. The van der Waals surface area contributed by atoms with Crippen molar-refractivity contribution in [1.29, 1.82) is 0 Å². The molecule has 0 bridgehead atoms. The van der Waals surface area contributed by atoms with Gasteiger partial charge in [0, 0.05) is 18.0 Å². The number of aromatic nitrogens is 1. The Hall–Kier alpha value is -2.82. The number of hydrogen-bond acceptors (Lipinski definition) is 2. The molecule has 1 aromatic heterocycles. The Morgan fingerprint density at radius 2 is 1.95 bits per heavy atom. The molecule has 5 heteroatoms. The van der Waals surface area contributed by atoms with Crippen LogP contribution < -0.4 is 10.1 Å². The van der Waals surface area contributed by atoms with Gasteiger partial charge in [-0.3, -0.25) is 4.79 Å². The van der Waals surface area contributed by atoms with Gasteiger partial charge in [0.25, 0.3) is 5.91 Å². The minimum atomic E-state index is -0.462. The molecule has 112 valence electrons. The van der Waals surface area contributed by atoms with Crippen molar-refractivity contribution in [2.45, 2.75) is 0 Å². The minimum Gasteiger partial charge on any atom is -0.497 e. The fraction of sp³-hybridized carbons (Fsp3) is 0.118. The second-order valence-electron chi connectivity index (χ2n) is 4.95. The summed E-state index contributed by atoms with van der Waals surface area (Å²) < 4.78 is 20.6. The Morgan fingerprint density at radius 3 is 2.68 bits per heavy atom. The number of aryl methyl sites for hydroxylation is 1. The molecule has 0 atom stereocenters. The first-order chi connectivity index (χ1) is 10.6. The normalized spacial score (nSPS) is 10.7. The van der Waals surface area contributed by atoms with Crippen molar-refractivity contribution in [3.63, 3.8) is 0 Å². The van der Waals surface area contributed by atoms with Crippen molar-refractivity contribution in [3.05, 3.63) is 60.0 Å². The van der Waals surface area contributed by atoms with E-state index in [1.165, 1.54) is 12.1 Å². The van der Waals surface area contributed by atoms with E-state index in [1.807, 2.05) is 18.2 Å². The van der Waals surface area contributed by atoms with Crippen molar-refractivity contribution >= 4 is 22.5 Å². The molecule has 0 aliphatic rings. The molecule has 0 saturated heterocycles. The largest absolute Gasteiger partial charge is 0.497 e. The third-order valence-corrected chi connectivity index (χ3v) is 3.60. The standard InChI is InChI=1S/C17H15FN2O2/c1-20-15-8-7-12(22-2)9-11(15)10-16(20)17(21)19-14-6-4-3-5-13(14)18/h3-10H,1-2H3,(H,19,21). The summed E-state index contributed by atoms with van der Waals surface area (Å²) in [5.41, 5.74) is 1.52. The minimum absolute atomic E-state index is 0.162. The molecule has 3 aromatic rings. The molecule has 0 fully saturated rings. The topological polar surface area (TPSA) is 43.3 Å². The van der Waals surface area contributed by atoms with Crippen LogP contribution in [0.5, 0.6) is 5.75 Å². The number of amides is 1. The van der Waals surface area contributed by atoms with Gasteiger partial charge in [0.1, 0.15) is 17.3 Å². The maximum Gasteiger partial charge on any atom is 0.272 e. The average molecular weight is 298 g/mol. The molecule has 2 aromatic carbocycles. The van der Waals surface area contributed by atoms with Crippen LogP contribution >= 0.6 is 0 Å². The zero-order valence-corrected chi connectivity index (χ0v) is 12.3. The molecule has 0 saturated carbocycles. The maximum absolute atomic E-state index is 13.6. The van der Waals surface area contributed by atoms with Crippen molar-refractivity contribution < 1.29 is 13.9 Å². The van der Waals surface area contributed by atoms with Crippen LogP contribution in [0, 0.1) is 5.82 Å². The van der Waals surface area contributed by atoms with E-state index in [9.17, 15) is 9.18 Å². The predicted molar refractivity (Wildman–Crippen MR) is 83.8 cm³/mol. The van der Waals surface area contributed by atoms with Crippen LogP contribution in [0.1, 0.15) is 10.5 Å². The maximum atomic E-state index is 13.6. The Balaban J connectivity index is 1.97. The van der Waals surface area contributed by atoms with Gasteiger partial charge in [-0.15, -0.1) is 0 Å². The number of para-hydroxylation sites is 1. The average Bonchev–Trinajstić information content (AvgIpc) is 2.86. The molecule has 0 spiro atoms. The lowest BCUT2D eigenvalue weighted by Gasteiger charge is -2.07. The van der Waals surface area contributed by atoms with E-state index in [0.29, 0.717) is 5.69 Å². The highest BCUT2D eigenvalue weighted by atomic mass is 19.1. The zero-order valence-electron chi connectivity index (χ0n) is 12.3. The SMILES string of the molecule is COc1ccc2c(c1)cc(C(=O)Nc1ccccc1F)n2C. The first-order valence-corrected chi connectivity index (χ1v) is 6.79. The van der Waals surface area contributed by atoms with Crippen LogP contribution in [-0.2, 0) is 7.05 Å². The fourth-order valence-corrected chi connectivity index (χ4v) is 2.42. The van der Waals surface area contributed by atoms with Crippen LogP contribution in [0.3, 0.4) is 0 Å². The number of fused-ring (bicyclic) bond motifs is 1. The summed E-state index contributed by atoms with van der Waals surface area (Å²) in [6.07, 6.45) is 0. The molecule has 4 nitrogen and oxygen atoms in total. The zero-order chi connectivity index (χ0) is 15.7. The third-order valence-electron chi connectivity index (χ3n) is 3.60. The van der Waals surface area contributed by atoms with Crippen LogP contribution in [0.15, 0.2) is 48.5 Å². The van der Waals surface area contributed by atoms with Crippen LogP contribution in [0.2, 0.25) is 0 Å². The van der Waals surface area contributed by atoms with Gasteiger partial charge in [-0.05, 0) is 36.4 Å². The summed E-state index contributed by atoms with van der Waals surface area (Å²) in [6, 6.07) is 13.4. The van der Waals surface area contributed by atoms with E-state index in [-0.39, 0.29) is 11.6 Å². The molecule has 1 amide bonds. The lowest BCUT2D eigenvalue weighted by molar-refractivity contribution is 0.101. The van der Waals surface area contributed by atoms with Crippen LogP contribution in [0.4, 0.5) is 10.1 Å². The first kappa shape index (κ1) is 14.1. The molecule has 22 heavy (non-hydrogen) atoms. The number of halogens is 1. The predicted octanol–water partition coefficient (Wildman–Crippen LogP) is 3.58. The van der Waals surface area contributed by atoms with Crippen molar-refractivity contribution in [1.82, 2.24) is 4.57 Å². The van der Waals surface area contributed by atoms with Gasteiger partial charge in [-0.25, -0.2) is 4.39 Å². The van der Waals surface area contributed by atoms with Crippen molar-refractivity contribution in [2.75, 3.05) is 12.4 Å². The molecule has 0 aliphatic heterocycles. The molecule has 0 aliphatic carbocycles. The monoisotopic (exact) mass is 298 g/mol. The van der Waals surface area contributed by atoms with Gasteiger partial charge in [0.15, 0.2) is 0 Å². The van der Waals surface area contributed by atoms with Gasteiger partial charge in [0.05, 0.1) is 12.8 Å². The highest BCUT2D eigenvalue weighted by molar-refractivity contribution is 6.06. The van der Waals surface area contributed by atoms with E-state index in [2.05, 4.69) is 5.32 Å². The summed E-state index contributed by atoms with van der Waals surface area (Å²) in [5, 5.41) is 3.48. The molecule has 0 unspecified atom stereocenters. The van der Waals surface area contributed by atoms with Crippen LogP contribution in [0.25, 0.3) is 10.9 Å². The van der Waals surface area contributed by atoms with E-state index in [4.69, 9.17) is 4.74 Å². The van der Waals surface area contributed by atoms with Crippen molar-refractivity contribution in [2.24, 2.45) is 7.05 Å². The highest BCUT2D eigenvalue weighted by Gasteiger charge is 2.15. The highest BCUT2D eigenvalue weighted by Crippen LogP contribution is 2.24. The van der Waals surface area contributed by atoms with Gasteiger partial charge in [0.2, 0.25) is 0 Å². The number of carbonyl (C=O) groups is 1. The van der Waals surface area contributed by atoms with E-state index in [1.54, 1.807) is 36.9 Å². The molecular weight excluding hydrogens is 283 g/mol. The van der Waals surface area contributed by atoms with Gasteiger partial charge < -0.3 is 14.6 Å². The van der Waals surface area contributed by atoms with E-state index < -0.39 is 5.82 Å². The number of carbonyl (C=O) groups excluding carboxylic acids is 1. The number of hydrogen-bond donors (Lipinski definition) is 1. The van der Waals surface area contributed by atoms with E-state index >= 15 is 0 Å². The summed E-state index contributed by atoms with van der Waals surface area (Å²) >= 11 is 0. The third kappa shape index (κ3) is 2.41. The molecule has 1 heterocycles. The van der Waals surface area contributed by atoms with Gasteiger partial charge >= 0.3 is 0 Å². The molecular formula is C17H15FN2O2. The Bertz CT molecular complexity index is 855. The van der Waals surface area contributed by atoms with Crippen molar-refractivity contribution in [3.8, 4) is 5.75 Å². The number of ether oxygens (including phenoxy) is 1. The second-order valence-corrected chi connectivity index (χ2v) is 4.95. The number of anilines is 1. The summed E-state index contributed by atoms with van der Waals surface area (Å²) in [5.74, 6) is -0.0989. The summed E-state index contributed by atoms with van der Waals surface area (Å²) in [4.78, 5) is 12.4. The number of nitrogens with one attached hydrogen (secondary N) is 1. The molecule has 3 rings (SSSR count). The Morgan fingerprint density at radius 1 is 1.18 bits per heavy atom. The first-order valence-electron chi connectivity index (χ1n) is 6.79. The smallest absolute Gasteiger partial charge is 0.272 e. The van der Waals surface area contributed by atoms with Gasteiger partial charge in [-0.1, -0.05) is 12.1 Å². The lowest BCUT2D eigenvalue weighted by atomic mass is 10.2. The fourth-order valence-electron chi connectivity index (χ4n) is 2.42. The molecule has 0 radical (unpaired) electrons. The van der Waals surface area contributed by atoms with E-state index in [0.717, 1.165) is 16.7 Å². The summed E-state index contributed by atoms with van der Waals surface area (Å²) in [6.45, 7) is 0. The Labute approximate surface area is 127 Å². The number of rotatable bonds is 3. The number of nitrogens with zero attached hydrogens (tertiary/aromatic N) is 1. The lowest BCUT2D eigenvalue weighted by Crippen LogP contribution is -2.16. The molecule has 1 N–H and O–H groups in total. The summed E-state index contributed by atoms with van der Waals surface area (Å²) in [7, 11) is 3.39. The van der Waals surface area contributed by atoms with Gasteiger partial charge in [-0.2, -0.15) is 0 Å². The second kappa shape index (κ2) is 5.52.